The zero-order valence-corrected chi connectivity index (χ0v) is 9.10. The van der Waals surface area contributed by atoms with Gasteiger partial charge in [0.2, 0.25) is 0 Å². The fourth-order valence-electron chi connectivity index (χ4n) is 1.25. The maximum absolute atomic E-state index is 11.7. The predicted molar refractivity (Wildman–Crippen MR) is 58.8 cm³/mol. The van der Waals surface area contributed by atoms with E-state index in [0.29, 0.717) is 6.54 Å². The van der Waals surface area contributed by atoms with Crippen LogP contribution in [0.2, 0.25) is 0 Å². The standard InChI is InChI=1S/C10H11N3OS/c1-7-5-15-6-9(7)10(14)11-2-8-3-12-13-4-8/h3-6H,2H2,1H3,(H,11,14)(H,12,13). The lowest BCUT2D eigenvalue weighted by atomic mass is 10.2. The van der Waals surface area contributed by atoms with Crippen molar-refractivity contribution >= 4 is 17.2 Å². The Kier molecular flexibility index (Phi) is 2.82. The summed E-state index contributed by atoms with van der Waals surface area (Å²) in [5.74, 6) is -0.0325. The predicted octanol–water partition coefficient (Wildman–Crippen LogP) is 1.71. The highest BCUT2D eigenvalue weighted by Gasteiger charge is 2.08. The van der Waals surface area contributed by atoms with Crippen molar-refractivity contribution in [1.29, 1.82) is 0 Å². The summed E-state index contributed by atoms with van der Waals surface area (Å²) in [5.41, 5.74) is 2.74. The van der Waals surface area contributed by atoms with E-state index in [-0.39, 0.29) is 5.91 Å². The van der Waals surface area contributed by atoms with Crippen LogP contribution in [-0.2, 0) is 6.54 Å². The number of rotatable bonds is 3. The zero-order chi connectivity index (χ0) is 10.7. The molecule has 0 aliphatic carbocycles. The first-order valence-corrected chi connectivity index (χ1v) is 5.50. The molecule has 4 nitrogen and oxygen atoms in total. The number of H-pyrrole nitrogens is 1. The quantitative estimate of drug-likeness (QED) is 0.829. The molecule has 78 valence electrons. The van der Waals surface area contributed by atoms with Crippen molar-refractivity contribution in [2.24, 2.45) is 0 Å². The second-order valence-corrected chi connectivity index (χ2v) is 4.00. The van der Waals surface area contributed by atoms with E-state index in [1.807, 2.05) is 17.7 Å². The Morgan fingerprint density at radius 3 is 3.07 bits per heavy atom. The zero-order valence-electron chi connectivity index (χ0n) is 8.28. The Morgan fingerprint density at radius 2 is 2.47 bits per heavy atom. The number of aromatic nitrogens is 2. The number of aromatic amines is 1. The number of hydrogen-bond acceptors (Lipinski definition) is 3. The molecule has 1 amide bonds. The highest BCUT2D eigenvalue weighted by molar-refractivity contribution is 7.08. The lowest BCUT2D eigenvalue weighted by Crippen LogP contribution is -2.22. The third-order valence-corrected chi connectivity index (χ3v) is 2.97. The van der Waals surface area contributed by atoms with Crippen LogP contribution in [0.15, 0.2) is 23.2 Å². The first kappa shape index (κ1) is 9.92. The number of carbonyl (C=O) groups excluding carboxylic acids is 1. The number of nitrogens with one attached hydrogen (secondary N) is 2. The highest BCUT2D eigenvalue weighted by atomic mass is 32.1. The third-order valence-electron chi connectivity index (χ3n) is 2.11. The third kappa shape index (κ3) is 2.24. The highest BCUT2D eigenvalue weighted by Crippen LogP contribution is 2.13. The van der Waals surface area contributed by atoms with Crippen molar-refractivity contribution in [3.8, 4) is 0 Å². The van der Waals surface area contributed by atoms with Gasteiger partial charge in [0.1, 0.15) is 0 Å². The van der Waals surface area contributed by atoms with Crippen LogP contribution in [-0.4, -0.2) is 16.1 Å². The minimum atomic E-state index is -0.0325. The van der Waals surface area contributed by atoms with E-state index >= 15 is 0 Å². The maximum Gasteiger partial charge on any atom is 0.252 e. The summed E-state index contributed by atoms with van der Waals surface area (Å²) in [7, 11) is 0. The molecule has 0 spiro atoms. The van der Waals surface area contributed by atoms with E-state index in [1.165, 1.54) is 11.3 Å². The summed E-state index contributed by atoms with van der Waals surface area (Å²) in [5, 5.41) is 13.2. The van der Waals surface area contributed by atoms with Crippen LogP contribution in [0.3, 0.4) is 0 Å². The maximum atomic E-state index is 11.7. The van der Waals surface area contributed by atoms with Gasteiger partial charge in [0.25, 0.3) is 5.91 Å². The normalized spacial score (nSPS) is 10.2. The molecule has 2 rings (SSSR count). The van der Waals surface area contributed by atoms with Crippen LogP contribution in [0.5, 0.6) is 0 Å². The molecular weight excluding hydrogens is 210 g/mol. The van der Waals surface area contributed by atoms with Gasteiger partial charge in [-0.25, -0.2) is 0 Å². The van der Waals surface area contributed by atoms with Crippen molar-refractivity contribution in [2.45, 2.75) is 13.5 Å². The fourth-order valence-corrected chi connectivity index (χ4v) is 2.07. The molecule has 2 N–H and O–H groups in total. The van der Waals surface area contributed by atoms with Crippen molar-refractivity contribution in [3.63, 3.8) is 0 Å². The van der Waals surface area contributed by atoms with Gasteiger partial charge in [-0.2, -0.15) is 16.4 Å². The molecule has 2 heterocycles. The van der Waals surface area contributed by atoms with E-state index in [4.69, 9.17) is 0 Å². The molecule has 0 fully saturated rings. The molecule has 0 saturated heterocycles. The SMILES string of the molecule is Cc1cscc1C(=O)NCc1cn[nH]c1. The van der Waals surface area contributed by atoms with Crippen LogP contribution >= 0.6 is 11.3 Å². The molecule has 0 unspecified atom stereocenters. The Morgan fingerprint density at radius 1 is 1.60 bits per heavy atom. The van der Waals surface area contributed by atoms with Gasteiger partial charge in [-0.05, 0) is 17.9 Å². The number of thiophene rings is 1. The fraction of sp³-hybridized carbons (Fsp3) is 0.200. The summed E-state index contributed by atoms with van der Waals surface area (Å²) in [6, 6.07) is 0. The second kappa shape index (κ2) is 4.27. The van der Waals surface area contributed by atoms with Crippen molar-refractivity contribution in [3.05, 3.63) is 39.8 Å². The van der Waals surface area contributed by atoms with Gasteiger partial charge < -0.3 is 5.32 Å². The lowest BCUT2D eigenvalue weighted by Gasteiger charge is -2.02. The lowest BCUT2D eigenvalue weighted by molar-refractivity contribution is 0.0951. The van der Waals surface area contributed by atoms with Gasteiger partial charge in [-0.1, -0.05) is 0 Å². The second-order valence-electron chi connectivity index (χ2n) is 3.26. The average Bonchev–Trinajstić information content (AvgIpc) is 2.84. The Hall–Kier alpha value is -1.62. The Labute approximate surface area is 91.3 Å². The van der Waals surface area contributed by atoms with E-state index in [2.05, 4.69) is 15.5 Å². The van der Waals surface area contributed by atoms with Crippen LogP contribution in [0.25, 0.3) is 0 Å². The molecule has 2 aromatic rings. The largest absolute Gasteiger partial charge is 0.348 e. The molecule has 0 saturated carbocycles. The van der Waals surface area contributed by atoms with Gasteiger partial charge in [-0.3, -0.25) is 9.89 Å². The van der Waals surface area contributed by atoms with E-state index in [9.17, 15) is 4.79 Å². The van der Waals surface area contributed by atoms with Gasteiger partial charge in [0, 0.05) is 23.7 Å². The van der Waals surface area contributed by atoms with Crippen molar-refractivity contribution in [2.75, 3.05) is 0 Å². The molecule has 0 bridgehead atoms. The number of hydrogen-bond donors (Lipinski definition) is 2. The molecule has 2 aromatic heterocycles. The molecule has 0 aliphatic heterocycles. The molecule has 15 heavy (non-hydrogen) atoms. The van der Waals surface area contributed by atoms with Crippen LogP contribution in [0.1, 0.15) is 21.5 Å². The average molecular weight is 221 g/mol. The summed E-state index contributed by atoms with van der Waals surface area (Å²) in [4.78, 5) is 11.7. The summed E-state index contributed by atoms with van der Waals surface area (Å²) < 4.78 is 0. The smallest absolute Gasteiger partial charge is 0.252 e. The minimum Gasteiger partial charge on any atom is -0.348 e. The molecule has 0 aromatic carbocycles. The van der Waals surface area contributed by atoms with Crippen LogP contribution in [0, 0.1) is 6.92 Å². The Balaban J connectivity index is 1.96. The van der Waals surface area contributed by atoms with E-state index < -0.39 is 0 Å². The van der Waals surface area contributed by atoms with E-state index in [1.54, 1.807) is 12.4 Å². The summed E-state index contributed by atoms with van der Waals surface area (Å²) >= 11 is 1.54. The topological polar surface area (TPSA) is 57.8 Å². The minimum absolute atomic E-state index is 0.0325. The number of carbonyl (C=O) groups is 1. The number of amides is 1. The van der Waals surface area contributed by atoms with Gasteiger partial charge >= 0.3 is 0 Å². The molecule has 0 radical (unpaired) electrons. The first-order valence-electron chi connectivity index (χ1n) is 4.56. The molecular formula is C10H11N3OS. The number of nitrogens with zero attached hydrogens (tertiary/aromatic N) is 1. The number of aryl methyl sites for hydroxylation is 1. The first-order chi connectivity index (χ1) is 7.27. The molecule has 0 aliphatic rings. The van der Waals surface area contributed by atoms with Crippen molar-refractivity contribution in [1.82, 2.24) is 15.5 Å². The van der Waals surface area contributed by atoms with Gasteiger partial charge in [0.15, 0.2) is 0 Å². The summed E-state index contributed by atoms with van der Waals surface area (Å²) in [6.07, 6.45) is 3.46. The Bertz CT molecular complexity index is 447. The van der Waals surface area contributed by atoms with Crippen LogP contribution in [0.4, 0.5) is 0 Å². The van der Waals surface area contributed by atoms with Gasteiger partial charge in [-0.15, -0.1) is 0 Å². The van der Waals surface area contributed by atoms with Crippen LogP contribution < -0.4 is 5.32 Å². The summed E-state index contributed by atoms with van der Waals surface area (Å²) in [6.45, 7) is 2.44. The molecule has 0 atom stereocenters. The van der Waals surface area contributed by atoms with E-state index in [0.717, 1.165) is 16.7 Å². The van der Waals surface area contributed by atoms with Crippen molar-refractivity contribution < 1.29 is 4.79 Å². The molecule has 5 heteroatoms. The monoisotopic (exact) mass is 221 g/mol. The van der Waals surface area contributed by atoms with Gasteiger partial charge in [0.05, 0.1) is 11.8 Å².